The fourth-order valence-electron chi connectivity index (χ4n) is 6.07. The van der Waals surface area contributed by atoms with Crippen molar-refractivity contribution in [1.82, 2.24) is 4.57 Å². The van der Waals surface area contributed by atoms with Crippen molar-refractivity contribution in [3.63, 3.8) is 0 Å². The molecule has 1 amide bonds. The molecule has 2 N–H and O–H groups in total. The summed E-state index contributed by atoms with van der Waals surface area (Å²) in [4.78, 5) is 26.1. The first-order valence-electron chi connectivity index (χ1n) is 12.6. The molecule has 1 aliphatic rings. The molecule has 4 aromatic rings. The van der Waals surface area contributed by atoms with Gasteiger partial charge in [0.05, 0.1) is 0 Å². The van der Waals surface area contributed by atoms with Crippen molar-refractivity contribution in [3.05, 3.63) is 126 Å². The van der Waals surface area contributed by atoms with Crippen molar-refractivity contribution in [1.29, 1.82) is 0 Å². The van der Waals surface area contributed by atoms with Crippen LogP contribution in [0.25, 0.3) is 0 Å². The highest BCUT2D eigenvalue weighted by Gasteiger charge is 2.51. The topological polar surface area (TPSA) is 69.0 Å². The Hall–Kier alpha value is -3.99. The normalized spacial score (nSPS) is 17.7. The van der Waals surface area contributed by atoms with E-state index in [-0.39, 0.29) is 23.7 Å². The number of benzene rings is 3. The van der Waals surface area contributed by atoms with E-state index in [2.05, 4.69) is 17.7 Å². The number of aromatic nitrogens is 2. The fraction of sp³-hybridized carbons (Fsp3) is 0.258. The van der Waals surface area contributed by atoms with Gasteiger partial charge in [0.1, 0.15) is 23.9 Å². The Balaban J connectivity index is 1.45. The first-order valence-corrected chi connectivity index (χ1v) is 12.6. The van der Waals surface area contributed by atoms with Crippen LogP contribution in [-0.4, -0.2) is 16.3 Å². The molecule has 5 nitrogen and oxygen atoms in total. The molecular formula is C31H32N3O2+. The van der Waals surface area contributed by atoms with Crippen LogP contribution < -0.4 is 10.3 Å². The highest BCUT2D eigenvalue weighted by atomic mass is 16.1. The summed E-state index contributed by atoms with van der Waals surface area (Å²) in [6.45, 7) is 2.36. The smallest absolute Gasteiger partial charge is 0.253 e. The third kappa shape index (κ3) is 4.15. The van der Waals surface area contributed by atoms with E-state index in [4.69, 9.17) is 5.73 Å². The number of hydrogen-bond acceptors (Lipinski definition) is 2. The molecule has 0 unspecified atom stereocenters. The minimum atomic E-state index is -0.891. The number of amides is 1. The SMILES string of the molecule is Cc1n([C@H]2CC[C@@H](C(C(N)=O)(c3ccccc3)c3ccccc3)C2)cc[n+]1CC(=O)c1ccccc1. The first kappa shape index (κ1) is 23.7. The number of Topliss-reactive ketones (excluding diaryl/α,β-unsaturated/α-hetero) is 1. The summed E-state index contributed by atoms with van der Waals surface area (Å²) in [7, 11) is 0. The molecule has 2 atom stereocenters. The lowest BCUT2D eigenvalue weighted by atomic mass is 9.64. The zero-order chi connectivity index (χ0) is 25.1. The second kappa shape index (κ2) is 9.94. The molecule has 0 bridgehead atoms. The van der Waals surface area contributed by atoms with Gasteiger partial charge in [-0.25, -0.2) is 9.13 Å². The largest absolute Gasteiger partial charge is 0.369 e. The Morgan fingerprint density at radius 2 is 1.44 bits per heavy atom. The standard InChI is InChI=1S/C31H31N3O2/c1-23-33(22-29(35)24-11-5-2-6-12-24)19-20-34(23)28-18-17-27(21-28)31(30(32)36,25-13-7-3-8-14-25)26-15-9-4-10-16-26/h2-16,19-20,27-28H,17-18,21-22H2,1H3,(H-,32,36)/p+1/t27-,28+/m1/s1. The average Bonchev–Trinajstić information content (AvgIpc) is 3.53. The van der Waals surface area contributed by atoms with Crippen molar-refractivity contribution in [3.8, 4) is 0 Å². The van der Waals surface area contributed by atoms with Gasteiger partial charge in [0, 0.05) is 12.5 Å². The Labute approximate surface area is 212 Å². The summed E-state index contributed by atoms with van der Waals surface area (Å²) in [5.74, 6) is 0.880. The minimum absolute atomic E-state index is 0.0611. The van der Waals surface area contributed by atoms with E-state index in [0.29, 0.717) is 6.54 Å². The molecule has 1 heterocycles. The summed E-state index contributed by atoms with van der Waals surface area (Å²) in [5.41, 5.74) is 7.98. The molecule has 1 fully saturated rings. The second-order valence-electron chi connectivity index (χ2n) is 9.74. The number of nitrogens with two attached hydrogens (primary N) is 1. The van der Waals surface area contributed by atoms with Crippen molar-refractivity contribution >= 4 is 11.7 Å². The lowest BCUT2D eigenvalue weighted by Gasteiger charge is -2.37. The monoisotopic (exact) mass is 478 g/mol. The molecular weight excluding hydrogens is 446 g/mol. The molecule has 1 aliphatic carbocycles. The van der Waals surface area contributed by atoms with Crippen LogP contribution in [0.5, 0.6) is 0 Å². The Morgan fingerprint density at radius 3 is 2.00 bits per heavy atom. The Kier molecular flexibility index (Phi) is 6.55. The van der Waals surface area contributed by atoms with Crippen molar-refractivity contribution < 1.29 is 14.2 Å². The number of imidazole rings is 1. The van der Waals surface area contributed by atoms with Gasteiger partial charge in [0.25, 0.3) is 5.82 Å². The maximum Gasteiger partial charge on any atom is 0.253 e. The molecule has 0 saturated heterocycles. The van der Waals surface area contributed by atoms with Gasteiger partial charge in [-0.05, 0) is 36.3 Å². The van der Waals surface area contributed by atoms with E-state index in [1.165, 1.54) is 0 Å². The zero-order valence-corrected chi connectivity index (χ0v) is 20.6. The third-order valence-corrected chi connectivity index (χ3v) is 7.86. The summed E-state index contributed by atoms with van der Waals surface area (Å²) < 4.78 is 4.28. The van der Waals surface area contributed by atoms with Gasteiger partial charge in [-0.3, -0.25) is 9.59 Å². The zero-order valence-electron chi connectivity index (χ0n) is 20.6. The van der Waals surface area contributed by atoms with Crippen LogP contribution in [0.15, 0.2) is 103 Å². The molecule has 1 aromatic heterocycles. The van der Waals surface area contributed by atoms with Crippen molar-refractivity contribution in [2.45, 2.75) is 44.2 Å². The van der Waals surface area contributed by atoms with E-state index in [0.717, 1.165) is 41.8 Å². The number of carbonyl (C=O) groups excluding carboxylic acids is 2. The number of carbonyl (C=O) groups is 2. The predicted octanol–water partition coefficient (Wildman–Crippen LogP) is 4.78. The van der Waals surface area contributed by atoms with Crippen molar-refractivity contribution in [2.24, 2.45) is 11.7 Å². The highest BCUT2D eigenvalue weighted by molar-refractivity contribution is 5.95. The van der Waals surface area contributed by atoms with Gasteiger partial charge < -0.3 is 5.73 Å². The van der Waals surface area contributed by atoms with Crippen LogP contribution in [0.3, 0.4) is 0 Å². The third-order valence-electron chi connectivity index (χ3n) is 7.86. The molecule has 3 aromatic carbocycles. The van der Waals surface area contributed by atoms with E-state index in [9.17, 15) is 9.59 Å². The Morgan fingerprint density at radius 1 is 0.889 bits per heavy atom. The predicted molar refractivity (Wildman–Crippen MR) is 139 cm³/mol. The van der Waals surface area contributed by atoms with Crippen LogP contribution in [-0.2, 0) is 16.8 Å². The van der Waals surface area contributed by atoms with E-state index in [1.807, 2.05) is 102 Å². The lowest BCUT2D eigenvalue weighted by molar-refractivity contribution is -0.689. The maximum atomic E-state index is 13.4. The molecule has 0 spiro atoms. The van der Waals surface area contributed by atoms with E-state index < -0.39 is 5.41 Å². The van der Waals surface area contributed by atoms with Gasteiger partial charge in [-0.2, -0.15) is 0 Å². The van der Waals surface area contributed by atoms with Crippen molar-refractivity contribution in [2.75, 3.05) is 0 Å². The fourth-order valence-corrected chi connectivity index (χ4v) is 6.07. The van der Waals surface area contributed by atoms with Gasteiger partial charge in [-0.15, -0.1) is 0 Å². The summed E-state index contributed by atoms with van der Waals surface area (Å²) >= 11 is 0. The van der Waals surface area contributed by atoms with Crippen LogP contribution in [0.1, 0.15) is 52.6 Å². The molecule has 5 heteroatoms. The van der Waals surface area contributed by atoms with Crippen LogP contribution in [0.4, 0.5) is 0 Å². The molecule has 182 valence electrons. The average molecular weight is 479 g/mol. The van der Waals surface area contributed by atoms with Crippen LogP contribution >= 0.6 is 0 Å². The number of nitrogens with zero attached hydrogens (tertiary/aromatic N) is 2. The summed E-state index contributed by atoms with van der Waals surface area (Å²) in [6.07, 6.45) is 6.71. The lowest BCUT2D eigenvalue weighted by Crippen LogP contribution is -2.47. The minimum Gasteiger partial charge on any atom is -0.369 e. The highest BCUT2D eigenvalue weighted by Crippen LogP contribution is 2.49. The van der Waals surface area contributed by atoms with Gasteiger partial charge in [0.15, 0.2) is 6.54 Å². The number of ketones is 1. The van der Waals surface area contributed by atoms with E-state index in [1.54, 1.807) is 0 Å². The molecule has 0 radical (unpaired) electrons. The molecule has 1 saturated carbocycles. The van der Waals surface area contributed by atoms with Crippen LogP contribution in [0.2, 0.25) is 0 Å². The number of hydrogen-bond donors (Lipinski definition) is 1. The maximum absolute atomic E-state index is 13.4. The first-order chi connectivity index (χ1) is 17.5. The Bertz CT molecular complexity index is 1310. The summed E-state index contributed by atoms with van der Waals surface area (Å²) in [5, 5.41) is 0. The van der Waals surface area contributed by atoms with Crippen LogP contribution in [0, 0.1) is 12.8 Å². The molecule has 36 heavy (non-hydrogen) atoms. The van der Waals surface area contributed by atoms with Gasteiger partial charge in [-0.1, -0.05) is 91.0 Å². The number of primary amides is 1. The summed E-state index contributed by atoms with van der Waals surface area (Å²) in [6, 6.07) is 29.6. The van der Waals surface area contributed by atoms with E-state index >= 15 is 0 Å². The number of rotatable bonds is 8. The van der Waals surface area contributed by atoms with Gasteiger partial charge in [0.2, 0.25) is 11.7 Å². The molecule has 0 aliphatic heterocycles. The molecule has 5 rings (SSSR count). The second-order valence-corrected chi connectivity index (χ2v) is 9.74. The van der Waals surface area contributed by atoms with Gasteiger partial charge >= 0.3 is 0 Å². The quantitative estimate of drug-likeness (QED) is 0.293.